The molecule has 2 heterocycles. The van der Waals surface area contributed by atoms with Crippen LogP contribution >= 0.6 is 0 Å². The van der Waals surface area contributed by atoms with Crippen LogP contribution in [0.25, 0.3) is 40.9 Å². The Hall–Kier alpha value is -2.87. The maximum Gasteiger partial charge on any atom is 0.146 e. The second-order valence-corrected chi connectivity index (χ2v) is 4.99. The molecule has 0 fully saturated rings. The van der Waals surface area contributed by atoms with E-state index >= 15 is 0 Å². The topological polar surface area (TPSA) is 17.3 Å². The van der Waals surface area contributed by atoms with Gasteiger partial charge in [-0.15, -0.1) is 0 Å². The van der Waals surface area contributed by atoms with E-state index in [9.17, 15) is 0 Å². The lowest BCUT2D eigenvalue weighted by molar-refractivity contribution is 1.21. The largest absolute Gasteiger partial charge is 0.292 e. The monoisotopic (exact) mass is 286 g/mol. The zero-order valence-corrected chi connectivity index (χ0v) is 12.7. The van der Waals surface area contributed by atoms with Crippen molar-refractivity contribution in [2.75, 3.05) is 0 Å². The van der Waals surface area contributed by atoms with Gasteiger partial charge in [0.25, 0.3) is 0 Å². The van der Waals surface area contributed by atoms with Gasteiger partial charge in [-0.05, 0) is 30.4 Å². The number of fused-ring (bicyclic) bond motifs is 3. The molecule has 0 N–H and O–H groups in total. The molecule has 0 aliphatic carbocycles. The number of para-hydroxylation sites is 1. The molecule has 2 aromatic heterocycles. The molecule has 3 rings (SSSR count). The number of benzene rings is 1. The highest BCUT2D eigenvalue weighted by atomic mass is 15.0. The van der Waals surface area contributed by atoms with Crippen molar-refractivity contribution in [3.63, 3.8) is 0 Å². The van der Waals surface area contributed by atoms with Crippen LogP contribution in [0.5, 0.6) is 0 Å². The van der Waals surface area contributed by atoms with E-state index in [2.05, 4.69) is 48.4 Å². The minimum absolute atomic E-state index is 0.840. The van der Waals surface area contributed by atoms with E-state index in [1.54, 1.807) is 12.2 Å². The number of aromatic nitrogens is 2. The molecule has 2 nitrogen and oxygen atoms in total. The lowest BCUT2D eigenvalue weighted by Gasteiger charge is -2.07. The molecular weight excluding hydrogens is 268 g/mol. The number of hydrogen-bond donors (Lipinski definition) is 0. The van der Waals surface area contributed by atoms with Gasteiger partial charge in [-0.25, -0.2) is 4.98 Å². The maximum absolute atomic E-state index is 4.75. The van der Waals surface area contributed by atoms with Crippen molar-refractivity contribution in [2.45, 2.75) is 6.92 Å². The van der Waals surface area contributed by atoms with Crippen molar-refractivity contribution < 1.29 is 0 Å². The number of pyridine rings is 1. The predicted octanol–water partition coefficient (Wildman–Crippen LogP) is 3.54. The van der Waals surface area contributed by atoms with Crippen molar-refractivity contribution in [1.29, 1.82) is 0 Å². The molecule has 0 saturated carbocycles. The van der Waals surface area contributed by atoms with E-state index < -0.39 is 0 Å². The van der Waals surface area contributed by atoms with Crippen LogP contribution < -0.4 is 10.4 Å². The molecule has 0 aliphatic rings. The van der Waals surface area contributed by atoms with E-state index in [1.807, 2.05) is 25.1 Å². The lowest BCUT2D eigenvalue weighted by Crippen LogP contribution is -2.28. The first-order valence-corrected chi connectivity index (χ1v) is 7.24. The molecule has 2 heteroatoms. The number of nitrogens with zero attached hydrogens (tertiary/aromatic N) is 2. The van der Waals surface area contributed by atoms with Crippen molar-refractivity contribution >= 4 is 40.9 Å². The van der Waals surface area contributed by atoms with Crippen LogP contribution in [0.4, 0.5) is 0 Å². The van der Waals surface area contributed by atoms with Gasteiger partial charge in [0.15, 0.2) is 0 Å². The molecule has 0 unspecified atom stereocenters. The fourth-order valence-electron chi connectivity index (χ4n) is 2.98. The number of hydrogen-bond acceptors (Lipinski definition) is 1. The van der Waals surface area contributed by atoms with Gasteiger partial charge >= 0.3 is 0 Å². The highest BCUT2D eigenvalue weighted by Gasteiger charge is 2.12. The van der Waals surface area contributed by atoms with Crippen molar-refractivity contribution in [3.8, 4) is 0 Å². The van der Waals surface area contributed by atoms with Gasteiger partial charge in [-0.1, -0.05) is 56.2 Å². The zero-order chi connectivity index (χ0) is 15.7. The molecule has 0 atom stereocenters. The average molecular weight is 286 g/mol. The Labute approximate surface area is 129 Å². The first kappa shape index (κ1) is 14.1. The second kappa shape index (κ2) is 5.49. The van der Waals surface area contributed by atoms with Crippen LogP contribution in [0.1, 0.15) is 18.3 Å². The van der Waals surface area contributed by atoms with E-state index in [0.717, 1.165) is 27.8 Å². The summed E-state index contributed by atoms with van der Waals surface area (Å²) in [4.78, 5) is 4.75. The molecule has 0 bridgehead atoms. The average Bonchev–Trinajstić information content (AvgIpc) is 2.94. The molecule has 0 amide bonds. The third-order valence-electron chi connectivity index (χ3n) is 3.87. The van der Waals surface area contributed by atoms with Gasteiger partial charge in [0.2, 0.25) is 0 Å². The number of rotatable bonds is 3. The van der Waals surface area contributed by atoms with Gasteiger partial charge in [0.1, 0.15) is 5.65 Å². The smallest absolute Gasteiger partial charge is 0.146 e. The lowest BCUT2D eigenvalue weighted by atomic mass is 10.1. The molecule has 1 aromatic carbocycles. The minimum Gasteiger partial charge on any atom is -0.292 e. The highest BCUT2D eigenvalue weighted by Crippen LogP contribution is 2.18. The Balaban J connectivity index is 2.82. The molecule has 0 radical (unpaired) electrons. The highest BCUT2D eigenvalue weighted by molar-refractivity contribution is 5.86. The Bertz CT molecular complexity index is 1030. The van der Waals surface area contributed by atoms with Crippen LogP contribution in [-0.4, -0.2) is 9.38 Å². The molecule has 108 valence electrons. The Morgan fingerprint density at radius 3 is 2.45 bits per heavy atom. The zero-order valence-electron chi connectivity index (χ0n) is 12.7. The van der Waals surface area contributed by atoms with Crippen molar-refractivity contribution in [3.05, 3.63) is 71.9 Å². The van der Waals surface area contributed by atoms with Gasteiger partial charge in [0, 0.05) is 10.6 Å². The summed E-state index contributed by atoms with van der Waals surface area (Å²) in [6, 6.07) is 8.33. The Morgan fingerprint density at radius 2 is 1.82 bits per heavy atom. The molecule has 22 heavy (non-hydrogen) atoms. The van der Waals surface area contributed by atoms with E-state index in [1.165, 1.54) is 10.6 Å². The van der Waals surface area contributed by atoms with Crippen LogP contribution in [0.2, 0.25) is 0 Å². The fraction of sp³-hybridized carbons (Fsp3) is 0.0500. The third-order valence-corrected chi connectivity index (χ3v) is 3.87. The summed E-state index contributed by atoms with van der Waals surface area (Å²) >= 11 is 0. The summed E-state index contributed by atoms with van der Waals surface area (Å²) in [5.41, 5.74) is 3.81. The molecule has 0 aliphatic heterocycles. The molecular formula is C20H18N2. The van der Waals surface area contributed by atoms with Gasteiger partial charge in [-0.2, -0.15) is 0 Å². The van der Waals surface area contributed by atoms with Crippen molar-refractivity contribution in [2.24, 2.45) is 0 Å². The summed E-state index contributed by atoms with van der Waals surface area (Å²) in [6.07, 6.45) is 9.52. The van der Waals surface area contributed by atoms with E-state index in [-0.39, 0.29) is 0 Å². The van der Waals surface area contributed by atoms with Crippen LogP contribution in [0, 0.1) is 0 Å². The summed E-state index contributed by atoms with van der Waals surface area (Å²) in [7, 11) is 0. The van der Waals surface area contributed by atoms with Crippen LogP contribution in [0.3, 0.4) is 0 Å². The quantitative estimate of drug-likeness (QED) is 0.720. The van der Waals surface area contributed by atoms with Gasteiger partial charge in [0.05, 0.1) is 16.9 Å². The Morgan fingerprint density at radius 1 is 1.05 bits per heavy atom. The van der Waals surface area contributed by atoms with E-state index in [4.69, 9.17) is 4.98 Å². The number of imidazole rings is 1. The van der Waals surface area contributed by atoms with Gasteiger partial charge in [-0.3, -0.25) is 4.40 Å². The van der Waals surface area contributed by atoms with E-state index in [0.29, 0.717) is 0 Å². The third kappa shape index (κ3) is 1.85. The van der Waals surface area contributed by atoms with Crippen LogP contribution in [0.15, 0.2) is 50.1 Å². The molecule has 3 aromatic rings. The van der Waals surface area contributed by atoms with Crippen molar-refractivity contribution in [1.82, 2.24) is 9.38 Å². The minimum atomic E-state index is 0.840. The summed E-state index contributed by atoms with van der Waals surface area (Å²) < 4.78 is 2.14. The molecule has 0 saturated heterocycles. The number of allylic oxidation sites excluding steroid dienone is 1. The second-order valence-electron chi connectivity index (χ2n) is 4.99. The summed E-state index contributed by atoms with van der Waals surface area (Å²) in [6.45, 7) is 13.7. The first-order valence-electron chi connectivity index (χ1n) is 7.24. The first-order chi connectivity index (χ1) is 10.8. The predicted molar refractivity (Wildman–Crippen MR) is 96.9 cm³/mol. The summed E-state index contributed by atoms with van der Waals surface area (Å²) in [5, 5.41) is 3.41. The normalized spacial score (nSPS) is 13.0. The molecule has 0 spiro atoms. The van der Waals surface area contributed by atoms with Crippen LogP contribution in [-0.2, 0) is 0 Å². The van der Waals surface area contributed by atoms with Gasteiger partial charge < -0.3 is 0 Å². The summed E-state index contributed by atoms with van der Waals surface area (Å²) in [5.74, 6) is 0. The fourth-order valence-corrected chi connectivity index (χ4v) is 2.98. The Kier molecular flexibility index (Phi) is 3.51. The standard InChI is InChI=1S/C20H18N2/c1-5-11-16-14(6-2)15-12-9-10-13-19(15)22-18(8-4)17(7-3)21-20(16)22/h5-13H,1,3-4H2,2H3/b14-6-,16-11+. The maximum atomic E-state index is 4.75. The SMILES string of the molecule is C=C/C=c1\c(=C/C)c2ccccc2n2c(C=C)c(C=C)nc12.